The second kappa shape index (κ2) is 29.3. The number of esters is 3. The van der Waals surface area contributed by atoms with Crippen LogP contribution in [0.2, 0.25) is 0 Å². The van der Waals surface area contributed by atoms with Gasteiger partial charge in [0.2, 0.25) is 0 Å². The monoisotopic (exact) mass is 1180 g/mol. The first-order valence-electron chi connectivity index (χ1n) is 28.6. The largest absolute Gasteiger partial charge is 0.481 e. The molecule has 9 unspecified atom stereocenters. The minimum absolute atomic E-state index is 0.0487. The van der Waals surface area contributed by atoms with E-state index in [1.54, 1.807) is 12.2 Å². The number of aliphatic carboxylic acids is 1. The quantitative estimate of drug-likeness (QED) is 0.0191. The van der Waals surface area contributed by atoms with Gasteiger partial charge in [-0.2, -0.15) is 0 Å². The third-order valence-electron chi connectivity index (χ3n) is 17.4. The third kappa shape index (κ3) is 16.5. The topological polar surface area (TPSA) is 447 Å². The number of rotatable bonds is 19. The van der Waals surface area contributed by atoms with Crippen LogP contribution < -0.4 is 0 Å². The molecule has 0 bridgehead atoms. The number of aliphatic hydroxyl groups excluding tert-OH is 13. The lowest BCUT2D eigenvalue weighted by molar-refractivity contribution is -0.367. The predicted octanol–water partition coefficient (Wildman–Crippen LogP) is -4.52. The minimum Gasteiger partial charge on any atom is -0.481 e. The van der Waals surface area contributed by atoms with Crippen LogP contribution in [0.15, 0.2) is 24.3 Å². The average Bonchev–Trinajstić information content (AvgIpc) is 3.64. The Morgan fingerprint density at radius 2 is 0.939 bits per heavy atom. The van der Waals surface area contributed by atoms with E-state index in [0.717, 1.165) is 12.8 Å². The number of hydrogen-bond acceptors (Lipinski definition) is 26. The van der Waals surface area contributed by atoms with E-state index in [1.807, 2.05) is 0 Å². The number of carboxylic acid groups (broad SMARTS) is 1. The maximum absolute atomic E-state index is 13.1. The van der Waals surface area contributed by atoms with E-state index in [2.05, 4.69) is 0 Å². The van der Waals surface area contributed by atoms with Crippen molar-refractivity contribution in [1.29, 1.82) is 0 Å². The Morgan fingerprint density at radius 3 is 1.44 bits per heavy atom. The summed E-state index contributed by atoms with van der Waals surface area (Å²) in [5.41, 5.74) is 0. The van der Waals surface area contributed by atoms with E-state index in [9.17, 15) is 85.6 Å². The van der Waals surface area contributed by atoms with Crippen LogP contribution in [0.1, 0.15) is 96.3 Å². The summed E-state index contributed by atoms with van der Waals surface area (Å²) in [6.07, 6.45) is -21.6. The molecule has 8 fully saturated rings. The third-order valence-corrected chi connectivity index (χ3v) is 17.4. The summed E-state index contributed by atoms with van der Waals surface area (Å²) in [6.45, 7) is -1.73. The Bertz CT molecular complexity index is 2140. The molecule has 82 heavy (non-hydrogen) atoms. The number of aliphatic hydroxyl groups is 15. The van der Waals surface area contributed by atoms with E-state index in [4.69, 9.17) is 52.5 Å². The summed E-state index contributed by atoms with van der Waals surface area (Å²) in [5, 5.41) is 149. The first-order chi connectivity index (χ1) is 39.0. The van der Waals surface area contributed by atoms with Gasteiger partial charge in [0.25, 0.3) is 0 Å². The normalized spacial score (nSPS) is 45.7. The molecule has 0 aromatic rings. The molecule has 4 aliphatic heterocycles. The highest BCUT2D eigenvalue weighted by molar-refractivity contribution is 5.90. The van der Waals surface area contributed by atoms with Crippen molar-refractivity contribution in [2.24, 2.45) is 23.7 Å². The molecule has 0 aromatic heterocycles. The number of carbonyl (C=O) groups excluding carboxylic acids is 3. The molecular formula is C54H83O28+. The highest BCUT2D eigenvalue weighted by Crippen LogP contribution is 2.44. The van der Waals surface area contributed by atoms with Gasteiger partial charge in [0.1, 0.15) is 106 Å². The number of allylic oxidation sites excluding steroid dienone is 2. The maximum Gasteiger partial charge on any atom is 0.330 e. The average molecular weight is 1180 g/mol. The van der Waals surface area contributed by atoms with Gasteiger partial charge < -0.3 is 119 Å². The molecule has 466 valence electrons. The van der Waals surface area contributed by atoms with Crippen molar-refractivity contribution < 1.29 is 138 Å². The highest BCUT2D eigenvalue weighted by Gasteiger charge is 2.57. The summed E-state index contributed by atoms with van der Waals surface area (Å²) >= 11 is 0. The zero-order chi connectivity index (χ0) is 59.1. The first kappa shape index (κ1) is 64.6. The molecule has 0 amide bonds. The number of ether oxygens (including phenoxy) is 10. The maximum atomic E-state index is 13.1. The highest BCUT2D eigenvalue weighted by atomic mass is 16.7. The van der Waals surface area contributed by atoms with Gasteiger partial charge in [-0.15, -0.1) is 0 Å². The van der Waals surface area contributed by atoms with Gasteiger partial charge in [0.05, 0.1) is 42.5 Å². The van der Waals surface area contributed by atoms with Crippen molar-refractivity contribution in [2.45, 2.75) is 243 Å². The van der Waals surface area contributed by atoms with Crippen LogP contribution >= 0.6 is 0 Å². The van der Waals surface area contributed by atoms with Crippen molar-refractivity contribution in [2.75, 3.05) is 19.8 Å². The van der Waals surface area contributed by atoms with Crippen LogP contribution in [0.25, 0.3) is 0 Å². The van der Waals surface area contributed by atoms with E-state index in [1.165, 1.54) is 12.2 Å². The zero-order valence-corrected chi connectivity index (χ0v) is 45.2. The lowest BCUT2D eigenvalue weighted by Crippen LogP contribution is -2.64. The lowest BCUT2D eigenvalue weighted by Gasteiger charge is -2.50. The molecule has 28 nitrogen and oxygen atoms in total. The van der Waals surface area contributed by atoms with Crippen molar-refractivity contribution in [1.82, 2.24) is 0 Å². The fourth-order valence-corrected chi connectivity index (χ4v) is 12.6. The second-order valence-corrected chi connectivity index (χ2v) is 23.3. The summed E-state index contributed by atoms with van der Waals surface area (Å²) < 4.78 is 57.0. The van der Waals surface area contributed by atoms with Crippen molar-refractivity contribution in [3.05, 3.63) is 24.3 Å². The molecule has 28 heteroatoms. The molecule has 15 N–H and O–H groups in total. The van der Waals surface area contributed by atoms with Gasteiger partial charge in [0, 0.05) is 30.9 Å². The van der Waals surface area contributed by atoms with Crippen LogP contribution in [0.4, 0.5) is 0 Å². The van der Waals surface area contributed by atoms with Gasteiger partial charge >= 0.3 is 23.9 Å². The Kier molecular flexibility index (Phi) is 23.1. The van der Waals surface area contributed by atoms with E-state index < -0.39 is 203 Å². The Morgan fingerprint density at radius 1 is 0.463 bits per heavy atom. The van der Waals surface area contributed by atoms with Crippen LogP contribution in [-0.4, -0.2) is 267 Å². The molecule has 8 aliphatic rings. The van der Waals surface area contributed by atoms with Crippen LogP contribution in [0.3, 0.4) is 0 Å². The van der Waals surface area contributed by atoms with Crippen LogP contribution in [0, 0.1) is 23.7 Å². The zero-order valence-electron chi connectivity index (χ0n) is 45.2. The fourth-order valence-electron chi connectivity index (χ4n) is 12.6. The first-order valence-corrected chi connectivity index (χ1v) is 28.6. The predicted molar refractivity (Wildman–Crippen MR) is 270 cm³/mol. The van der Waals surface area contributed by atoms with Gasteiger partial charge in [-0.1, -0.05) is 12.2 Å². The smallest absolute Gasteiger partial charge is 0.330 e. The minimum atomic E-state index is -1.88. The molecule has 0 aromatic carbocycles. The molecule has 4 saturated heterocycles. The summed E-state index contributed by atoms with van der Waals surface area (Å²) in [7, 11) is 0. The summed E-state index contributed by atoms with van der Waals surface area (Å²) in [5.74, 6) is -5.18. The van der Waals surface area contributed by atoms with Crippen molar-refractivity contribution in [3.63, 3.8) is 0 Å². The SMILES string of the molecule is O=C(O)CC(=O)OC[C@H]1O[C@@H](OC2CC(O)CC3[OH+]C(C4CCC(O)C(O)C4)C(O[C@@H]4O[C@H](COC(=O)C=CC5CCC(O[C@@H]6O[C@H](COC(=O)C=CC7CCC(O)CC7)[C@@H](O)[C@H](O)[C@H]6O)CC5)[C@@H](O)[C@H](O)[C@H]4O)CC23)[C@H](O)[C@@H](O)[C@@H]1O. The molecule has 8 rings (SSSR count). The van der Waals surface area contributed by atoms with E-state index >= 15 is 0 Å². The number of hydrogen-bond donors (Lipinski definition) is 14. The number of carbonyl (C=O) groups is 4. The van der Waals surface area contributed by atoms with Crippen molar-refractivity contribution in [3.8, 4) is 0 Å². The van der Waals surface area contributed by atoms with Gasteiger partial charge in [-0.05, 0) is 88.9 Å². The second-order valence-electron chi connectivity index (χ2n) is 23.3. The van der Waals surface area contributed by atoms with Gasteiger partial charge in [-0.3, -0.25) is 9.59 Å². The van der Waals surface area contributed by atoms with Gasteiger partial charge in [0.15, 0.2) is 31.1 Å². The Labute approximate surface area is 472 Å². The molecule has 4 aliphatic carbocycles. The van der Waals surface area contributed by atoms with Gasteiger partial charge in [-0.25, -0.2) is 9.59 Å². The Hall–Kier alpha value is -3.44. The van der Waals surface area contributed by atoms with Crippen LogP contribution in [0.5, 0.6) is 0 Å². The molecule has 0 radical (unpaired) electrons. The number of fused-ring (bicyclic) bond motifs is 1. The standard InChI is InChI=1S/C54H82O28/c55-26-8-1-23(2-9-26)5-13-39(61)73-20-35-42(64)45(67)48(70)52(80-35)76-28-10-3-24(4-11-28)6-14-40(62)74-21-36-43(65)47(69)50(72)54(82-36)79-34-18-29-32(77-51(34)25-7-12-30(57)31(58)15-25)16-27(56)17-33(29)78-53-49(71)46(68)44(66)37(81-53)22-75-41(63)19-38(59)60/h5-6,13-14,23-37,42-58,64-72H,1-4,7-12,15-22H2,(H,59,60)/p+1/t23?,24?,25?,26?,27?,28?,29?,30?,31?,32?,33?,34?,35-,36-,37-,42-,43-,44-,45+,46+,47+,48-,49-,50-,51?,52-,53-,54-/m1/s1. The molecule has 4 saturated carbocycles. The van der Waals surface area contributed by atoms with Crippen molar-refractivity contribution >= 4 is 23.9 Å². The Balaban J connectivity index is 0.841. The molecule has 24 atom stereocenters. The molecule has 0 spiro atoms. The van der Waals surface area contributed by atoms with Crippen LogP contribution in [-0.2, 0) is 61.8 Å². The van der Waals surface area contributed by atoms with E-state index in [0.29, 0.717) is 44.9 Å². The molecule has 4 heterocycles. The lowest BCUT2D eigenvalue weighted by atomic mass is 9.72. The fraction of sp³-hybridized carbons (Fsp3) is 0.852. The molecular weight excluding hydrogens is 1100 g/mol. The summed E-state index contributed by atoms with van der Waals surface area (Å²) in [4.78, 5) is 48.5. The van der Waals surface area contributed by atoms with E-state index in [-0.39, 0.29) is 50.0 Å². The number of carboxylic acids is 1. The summed E-state index contributed by atoms with van der Waals surface area (Å²) in [6, 6.07) is 0.